The normalized spacial score (nSPS) is 24.8. The summed E-state index contributed by atoms with van der Waals surface area (Å²) < 4.78 is 31.0. The largest absolute Gasteiger partial charge is 0.389 e. The molecule has 11 heteroatoms. The van der Waals surface area contributed by atoms with E-state index >= 15 is 8.78 Å². The highest BCUT2D eigenvalue weighted by Gasteiger charge is 2.58. The number of allylic oxidation sites excluding steroid dienone is 2. The summed E-state index contributed by atoms with van der Waals surface area (Å²) in [6.07, 6.45) is 3.03. The number of carbonyl (C=O) groups is 1. The third-order valence-electron chi connectivity index (χ3n) is 6.31. The van der Waals surface area contributed by atoms with E-state index in [9.17, 15) is 4.79 Å². The summed E-state index contributed by atoms with van der Waals surface area (Å²) in [5, 5.41) is 5.78. The van der Waals surface area contributed by atoms with Crippen LogP contribution in [-0.4, -0.2) is 18.0 Å². The number of hydrogen-bond donors (Lipinski definition) is 5. The summed E-state index contributed by atoms with van der Waals surface area (Å²) in [7, 11) is 0. The third kappa shape index (κ3) is 6.38. The molecule has 200 valence electrons. The van der Waals surface area contributed by atoms with Crippen LogP contribution in [-0.2, 0) is 10.3 Å². The average Bonchev–Trinajstić information content (AvgIpc) is 3.05. The summed E-state index contributed by atoms with van der Waals surface area (Å²) in [6.45, 7) is 5.96. The van der Waals surface area contributed by atoms with E-state index in [1.807, 2.05) is 20.8 Å². The van der Waals surface area contributed by atoms with Gasteiger partial charge in [-0.1, -0.05) is 73.8 Å². The first-order valence-corrected chi connectivity index (χ1v) is 12.6. The molecule has 1 saturated heterocycles. The Balaban J connectivity index is 2.24. The van der Waals surface area contributed by atoms with Crippen molar-refractivity contribution in [2.75, 3.05) is 0 Å². The summed E-state index contributed by atoms with van der Waals surface area (Å²) in [4.78, 5) is 13.5. The Morgan fingerprint density at radius 1 is 1.16 bits per heavy atom. The molecule has 4 atom stereocenters. The number of halogens is 5. The Morgan fingerprint density at radius 2 is 1.84 bits per heavy atom. The zero-order chi connectivity index (χ0) is 27.7. The third-order valence-corrected chi connectivity index (χ3v) is 6.96. The van der Waals surface area contributed by atoms with E-state index in [0.717, 1.165) is 6.07 Å². The van der Waals surface area contributed by atoms with Gasteiger partial charge >= 0.3 is 0 Å². The maximum Gasteiger partial charge on any atom is 0.243 e. The second-order valence-corrected chi connectivity index (χ2v) is 11.6. The van der Waals surface area contributed by atoms with Crippen LogP contribution in [0, 0.1) is 17.0 Å². The Kier molecular flexibility index (Phi) is 8.82. The highest BCUT2D eigenvalue weighted by Crippen LogP contribution is 2.49. The fourth-order valence-electron chi connectivity index (χ4n) is 4.84. The molecule has 0 aromatic heterocycles. The summed E-state index contributed by atoms with van der Waals surface area (Å²) in [5.74, 6) is -3.18. The molecule has 6 nitrogen and oxygen atoms in total. The van der Waals surface area contributed by atoms with Crippen LogP contribution >= 0.6 is 34.8 Å². The van der Waals surface area contributed by atoms with Crippen molar-refractivity contribution in [1.82, 2.24) is 10.6 Å². The lowest BCUT2D eigenvalue weighted by Crippen LogP contribution is -2.52. The van der Waals surface area contributed by atoms with Gasteiger partial charge in [-0.3, -0.25) is 4.79 Å². The SMILES string of the molecule is CC(C)(C)C[C@@H]1N[C@@H](C(=O)N/C(N)=C/C=C(\N)Cl)[C@H](c2cccc(Cl)c2F)[C@@]1(N)c1ccc(Cl)cc1F. The van der Waals surface area contributed by atoms with Gasteiger partial charge in [0, 0.05) is 22.5 Å². The molecule has 0 aliphatic carbocycles. The first kappa shape index (κ1) is 29.2. The predicted octanol–water partition coefficient (Wildman–Crippen LogP) is 4.94. The smallest absolute Gasteiger partial charge is 0.243 e. The van der Waals surface area contributed by atoms with Crippen LogP contribution in [0.5, 0.6) is 0 Å². The molecule has 0 unspecified atom stereocenters. The molecule has 1 fully saturated rings. The zero-order valence-electron chi connectivity index (χ0n) is 20.6. The van der Waals surface area contributed by atoms with Crippen molar-refractivity contribution in [2.45, 2.75) is 50.7 Å². The number of carbonyl (C=O) groups excluding carboxylic acids is 1. The van der Waals surface area contributed by atoms with Gasteiger partial charge in [0.25, 0.3) is 0 Å². The number of rotatable bonds is 6. The quantitative estimate of drug-likeness (QED) is 0.248. The van der Waals surface area contributed by atoms with E-state index in [0.29, 0.717) is 6.42 Å². The van der Waals surface area contributed by atoms with E-state index in [4.69, 9.17) is 52.0 Å². The van der Waals surface area contributed by atoms with Crippen molar-refractivity contribution in [2.24, 2.45) is 22.6 Å². The lowest BCUT2D eigenvalue weighted by molar-refractivity contribution is -0.122. The van der Waals surface area contributed by atoms with E-state index < -0.39 is 41.1 Å². The lowest BCUT2D eigenvalue weighted by Gasteiger charge is -2.40. The van der Waals surface area contributed by atoms with Crippen LogP contribution in [0.2, 0.25) is 10.0 Å². The van der Waals surface area contributed by atoms with Crippen LogP contribution in [0.1, 0.15) is 44.2 Å². The monoisotopic (exact) mass is 571 g/mol. The van der Waals surface area contributed by atoms with Crippen molar-refractivity contribution >= 4 is 40.7 Å². The number of nitrogens with one attached hydrogen (secondary N) is 2. The minimum Gasteiger partial charge on any atom is -0.389 e. The molecule has 1 aliphatic heterocycles. The van der Waals surface area contributed by atoms with Crippen molar-refractivity contribution in [3.63, 3.8) is 0 Å². The molecule has 1 heterocycles. The van der Waals surface area contributed by atoms with Gasteiger partial charge in [-0.2, -0.15) is 0 Å². The lowest BCUT2D eigenvalue weighted by atomic mass is 9.68. The average molecular weight is 573 g/mol. The van der Waals surface area contributed by atoms with Crippen molar-refractivity contribution in [3.8, 4) is 0 Å². The van der Waals surface area contributed by atoms with Crippen LogP contribution in [0.4, 0.5) is 8.78 Å². The minimum atomic E-state index is -1.59. The minimum absolute atomic E-state index is 0.0421. The molecule has 2 aromatic carbocycles. The van der Waals surface area contributed by atoms with E-state index in [1.165, 1.54) is 36.4 Å². The molecule has 3 rings (SSSR count). The van der Waals surface area contributed by atoms with Gasteiger partial charge in [0.2, 0.25) is 5.91 Å². The molecule has 1 aliphatic rings. The maximum atomic E-state index is 15.5. The van der Waals surface area contributed by atoms with Gasteiger partial charge in [-0.15, -0.1) is 0 Å². The Bertz CT molecular complexity index is 1240. The summed E-state index contributed by atoms with van der Waals surface area (Å²) in [5.41, 5.74) is 16.7. The van der Waals surface area contributed by atoms with Crippen molar-refractivity contribution < 1.29 is 13.6 Å². The Hall–Kier alpha value is -2.36. The highest BCUT2D eigenvalue weighted by atomic mass is 35.5. The van der Waals surface area contributed by atoms with E-state index in [1.54, 1.807) is 6.07 Å². The summed E-state index contributed by atoms with van der Waals surface area (Å²) in [6, 6.07) is 6.75. The van der Waals surface area contributed by atoms with Gasteiger partial charge in [-0.05, 0) is 47.8 Å². The topological polar surface area (TPSA) is 119 Å². The van der Waals surface area contributed by atoms with Gasteiger partial charge in [0.15, 0.2) is 0 Å². The molecule has 1 amide bonds. The second kappa shape index (κ2) is 11.2. The molecular weight excluding hydrogens is 543 g/mol. The van der Waals surface area contributed by atoms with Crippen LogP contribution in [0.3, 0.4) is 0 Å². The van der Waals surface area contributed by atoms with E-state index in [2.05, 4.69) is 10.6 Å². The zero-order valence-corrected chi connectivity index (χ0v) is 22.9. The fraction of sp³-hybridized carbons (Fsp3) is 0.346. The number of hydrogen-bond acceptors (Lipinski definition) is 5. The first-order valence-electron chi connectivity index (χ1n) is 11.5. The molecule has 37 heavy (non-hydrogen) atoms. The Morgan fingerprint density at radius 3 is 2.43 bits per heavy atom. The van der Waals surface area contributed by atoms with Crippen LogP contribution in [0.15, 0.2) is 59.5 Å². The highest BCUT2D eigenvalue weighted by molar-refractivity contribution is 6.31. The Labute approximate surface area is 230 Å². The van der Waals surface area contributed by atoms with Gasteiger partial charge in [0.05, 0.1) is 21.8 Å². The number of benzene rings is 2. The molecule has 0 radical (unpaired) electrons. The van der Waals surface area contributed by atoms with Crippen molar-refractivity contribution in [1.29, 1.82) is 0 Å². The molecule has 0 saturated carbocycles. The van der Waals surface area contributed by atoms with Crippen LogP contribution < -0.4 is 27.8 Å². The standard InChI is InChI=1S/C26H30Cl3F2N5O/c1-25(2,3)12-18-26(34,15-8-7-13(27)11-17(15)30)21(14-5-4-6-16(28)22(14)31)23(35-18)24(37)36-20(33)10-9-19(29)32/h4-11,18,21,23,35H,12,32-34H2,1-3H3,(H,36,37)/b19-9-,20-10+/t18-,21-,23+,26+/m0/s1. The van der Waals surface area contributed by atoms with Crippen molar-refractivity contribution in [3.05, 3.63) is 92.3 Å². The van der Waals surface area contributed by atoms with E-state index in [-0.39, 0.29) is 37.6 Å². The summed E-state index contributed by atoms with van der Waals surface area (Å²) >= 11 is 17.8. The second-order valence-electron chi connectivity index (χ2n) is 10.3. The predicted molar refractivity (Wildman–Crippen MR) is 145 cm³/mol. The molecule has 8 N–H and O–H groups in total. The maximum absolute atomic E-state index is 15.5. The van der Waals surface area contributed by atoms with Crippen LogP contribution in [0.25, 0.3) is 0 Å². The van der Waals surface area contributed by atoms with Gasteiger partial charge in [-0.25, -0.2) is 8.78 Å². The molecule has 0 spiro atoms. The number of nitrogens with two attached hydrogens (primary N) is 3. The molecule has 2 aromatic rings. The van der Waals surface area contributed by atoms with Gasteiger partial charge in [0.1, 0.15) is 17.5 Å². The fourth-order valence-corrected chi connectivity index (χ4v) is 5.24. The molecular formula is C26H30Cl3F2N5O. The molecule has 0 bridgehead atoms. The number of amides is 1. The van der Waals surface area contributed by atoms with Gasteiger partial charge < -0.3 is 27.8 Å². The first-order chi connectivity index (χ1) is 17.1.